The van der Waals surface area contributed by atoms with E-state index >= 15 is 0 Å². The van der Waals surface area contributed by atoms with Gasteiger partial charge in [-0.2, -0.15) is 0 Å². The largest absolute Gasteiger partial charge is 0.486 e. The van der Waals surface area contributed by atoms with Crippen LogP contribution in [0.4, 0.5) is 10.5 Å². The van der Waals surface area contributed by atoms with Gasteiger partial charge in [-0.3, -0.25) is 14.9 Å². The number of fused-ring (bicyclic) bond motifs is 1. The van der Waals surface area contributed by atoms with Gasteiger partial charge in [0.25, 0.3) is 5.24 Å². The Morgan fingerprint density at radius 1 is 1.00 bits per heavy atom. The smallest absolute Gasteiger partial charge is 0.286 e. The van der Waals surface area contributed by atoms with Gasteiger partial charge in [-0.25, -0.2) is 4.98 Å². The van der Waals surface area contributed by atoms with Crippen molar-refractivity contribution in [2.45, 2.75) is 38.5 Å². The third-order valence-corrected chi connectivity index (χ3v) is 7.66. The molecule has 190 valence electrons. The number of nitrogens with zero attached hydrogens (tertiary/aromatic N) is 2. The molecule has 9 heteroatoms. The molecule has 2 amide bonds. The lowest BCUT2D eigenvalue weighted by Crippen LogP contribution is -2.35. The normalized spacial score (nSPS) is 17.3. The number of rotatable bonds is 7. The molecule has 1 aliphatic rings. The number of anilines is 1. The number of nitrogens with one attached hydrogen (secondary N) is 1. The van der Waals surface area contributed by atoms with Crippen LogP contribution in [0.2, 0.25) is 0 Å². The summed E-state index contributed by atoms with van der Waals surface area (Å²) in [6, 6.07) is 17.2. The van der Waals surface area contributed by atoms with E-state index in [1.165, 1.54) is 0 Å². The highest BCUT2D eigenvalue weighted by Crippen LogP contribution is 2.35. The van der Waals surface area contributed by atoms with Crippen molar-refractivity contribution in [3.63, 3.8) is 0 Å². The number of amides is 2. The van der Waals surface area contributed by atoms with Gasteiger partial charge >= 0.3 is 0 Å². The van der Waals surface area contributed by atoms with E-state index in [0.29, 0.717) is 24.5 Å². The number of imidazole rings is 1. The third kappa shape index (κ3) is 4.99. The van der Waals surface area contributed by atoms with Crippen molar-refractivity contribution in [3.05, 3.63) is 77.1 Å². The lowest BCUT2D eigenvalue weighted by atomic mass is 9.99. The molecule has 5 rings (SSSR count). The van der Waals surface area contributed by atoms with E-state index in [4.69, 9.17) is 20.2 Å². The summed E-state index contributed by atoms with van der Waals surface area (Å²) in [7, 11) is 1.95. The maximum atomic E-state index is 12.1. The predicted octanol–water partition coefficient (Wildman–Crippen LogP) is 5.43. The molecule has 0 radical (unpaired) electrons. The Bertz CT molecular complexity index is 1510. The summed E-state index contributed by atoms with van der Waals surface area (Å²) in [6.45, 7) is 6.01. The van der Waals surface area contributed by atoms with Crippen molar-refractivity contribution in [3.8, 4) is 17.2 Å². The predicted molar refractivity (Wildman–Crippen MR) is 145 cm³/mol. The summed E-state index contributed by atoms with van der Waals surface area (Å²) in [5.41, 5.74) is 11.5. The lowest BCUT2D eigenvalue weighted by Gasteiger charge is -2.18. The van der Waals surface area contributed by atoms with E-state index in [2.05, 4.69) is 5.32 Å². The highest BCUT2D eigenvalue weighted by molar-refractivity contribution is 8.16. The molecule has 0 saturated carbocycles. The van der Waals surface area contributed by atoms with Gasteiger partial charge in [0, 0.05) is 18.8 Å². The molecular weight excluding hydrogens is 488 g/mol. The van der Waals surface area contributed by atoms with Gasteiger partial charge in [0.05, 0.1) is 11.0 Å². The van der Waals surface area contributed by atoms with Crippen LogP contribution in [0, 0.1) is 13.8 Å². The van der Waals surface area contributed by atoms with Crippen LogP contribution >= 0.6 is 11.8 Å². The number of benzene rings is 3. The molecule has 4 aromatic rings. The molecule has 8 nitrogen and oxygen atoms in total. The van der Waals surface area contributed by atoms with Gasteiger partial charge in [-0.05, 0) is 92.0 Å². The minimum Gasteiger partial charge on any atom is -0.486 e. The maximum absolute atomic E-state index is 12.1. The summed E-state index contributed by atoms with van der Waals surface area (Å²) in [4.78, 5) is 28.4. The second kappa shape index (κ2) is 9.48. The van der Waals surface area contributed by atoms with E-state index in [0.717, 1.165) is 56.7 Å². The lowest BCUT2D eigenvalue weighted by molar-refractivity contribution is -0.121. The van der Waals surface area contributed by atoms with Crippen LogP contribution in [-0.2, 0) is 24.9 Å². The fourth-order valence-electron chi connectivity index (χ4n) is 4.40. The first-order valence-corrected chi connectivity index (χ1v) is 12.7. The van der Waals surface area contributed by atoms with E-state index in [9.17, 15) is 9.59 Å². The Morgan fingerprint density at radius 2 is 1.68 bits per heavy atom. The number of carbonyl (C=O) groups excluding carboxylic acids is 2. The molecule has 0 spiro atoms. The van der Waals surface area contributed by atoms with Crippen molar-refractivity contribution in [2.24, 2.45) is 7.05 Å². The number of ether oxygens (including phenoxy) is 2. The molecule has 3 N–H and O–H groups in total. The van der Waals surface area contributed by atoms with Crippen LogP contribution in [0.25, 0.3) is 11.0 Å². The third-order valence-electron chi connectivity index (χ3n) is 6.59. The number of imide groups is 1. The van der Waals surface area contributed by atoms with Gasteiger partial charge < -0.3 is 19.8 Å². The van der Waals surface area contributed by atoms with Gasteiger partial charge in [0.1, 0.15) is 34.4 Å². The number of aromatic nitrogens is 2. The number of nitrogen functional groups attached to an aromatic ring is 1. The number of nitrogens with two attached hydrogens (primary N) is 1. The molecule has 0 bridgehead atoms. The van der Waals surface area contributed by atoms with E-state index in [1.807, 2.05) is 80.1 Å². The number of aryl methyl sites for hydroxylation is 3. The molecule has 0 unspecified atom stereocenters. The average molecular weight is 517 g/mol. The van der Waals surface area contributed by atoms with Crippen LogP contribution in [0.15, 0.2) is 54.6 Å². The van der Waals surface area contributed by atoms with Crippen LogP contribution < -0.4 is 20.5 Å². The fourth-order valence-corrected chi connectivity index (χ4v) is 5.34. The second-order valence-corrected chi connectivity index (χ2v) is 11.0. The van der Waals surface area contributed by atoms with Crippen molar-refractivity contribution in [1.29, 1.82) is 0 Å². The molecular formula is C28H28N4O4S. The van der Waals surface area contributed by atoms with Crippen LogP contribution in [0.1, 0.15) is 29.4 Å². The zero-order valence-electron chi connectivity index (χ0n) is 21.1. The second-order valence-electron chi connectivity index (χ2n) is 9.49. The van der Waals surface area contributed by atoms with E-state index in [1.54, 1.807) is 6.92 Å². The summed E-state index contributed by atoms with van der Waals surface area (Å²) < 4.78 is 13.3. The van der Waals surface area contributed by atoms with E-state index in [-0.39, 0.29) is 11.1 Å². The molecule has 0 aliphatic carbocycles. The van der Waals surface area contributed by atoms with Crippen molar-refractivity contribution < 1.29 is 19.1 Å². The highest BCUT2D eigenvalue weighted by Gasteiger charge is 2.43. The quantitative estimate of drug-likeness (QED) is 0.315. The topological polar surface area (TPSA) is 108 Å². The zero-order valence-corrected chi connectivity index (χ0v) is 21.9. The van der Waals surface area contributed by atoms with Gasteiger partial charge in [-0.1, -0.05) is 12.1 Å². The Hall–Kier alpha value is -3.98. The number of carbonyl (C=O) groups is 2. The Kier molecular flexibility index (Phi) is 6.33. The zero-order chi connectivity index (χ0) is 26.3. The summed E-state index contributed by atoms with van der Waals surface area (Å²) >= 11 is 1.03. The maximum Gasteiger partial charge on any atom is 0.286 e. The van der Waals surface area contributed by atoms with Crippen molar-refractivity contribution >= 4 is 39.6 Å². The summed E-state index contributed by atoms with van der Waals surface area (Å²) in [5.74, 6) is 2.67. The SMILES string of the molecule is Cc1cc(Oc2ccc3nc(COc4ccc(C[C@]5(C)SC(=O)NC5=O)cc4)n(C)c3c2)cc(C)c1N. The van der Waals surface area contributed by atoms with Crippen molar-refractivity contribution in [1.82, 2.24) is 14.9 Å². The number of hydrogen-bond donors (Lipinski definition) is 2. The minimum absolute atomic E-state index is 0.253. The summed E-state index contributed by atoms with van der Waals surface area (Å²) in [5, 5.41) is 2.05. The fraction of sp³-hybridized carbons (Fsp3) is 0.250. The highest BCUT2D eigenvalue weighted by atomic mass is 32.2. The van der Waals surface area contributed by atoms with Crippen molar-refractivity contribution in [2.75, 3.05) is 5.73 Å². The van der Waals surface area contributed by atoms with Gasteiger partial charge in [0.15, 0.2) is 0 Å². The summed E-state index contributed by atoms with van der Waals surface area (Å²) in [6.07, 6.45) is 0.459. The average Bonchev–Trinajstić information content (AvgIpc) is 3.30. The van der Waals surface area contributed by atoms with E-state index < -0.39 is 4.75 Å². The minimum atomic E-state index is -0.791. The molecule has 37 heavy (non-hydrogen) atoms. The molecule has 1 aliphatic heterocycles. The van der Waals surface area contributed by atoms with Crippen LogP contribution in [0.5, 0.6) is 17.2 Å². The van der Waals surface area contributed by atoms with Gasteiger partial charge in [-0.15, -0.1) is 0 Å². The first kappa shape index (κ1) is 24.7. The Morgan fingerprint density at radius 3 is 2.32 bits per heavy atom. The first-order chi connectivity index (χ1) is 17.6. The van der Waals surface area contributed by atoms with Gasteiger partial charge in [0.2, 0.25) is 5.91 Å². The monoisotopic (exact) mass is 516 g/mol. The van der Waals surface area contributed by atoms with Crippen LogP contribution in [0.3, 0.4) is 0 Å². The number of thioether (sulfide) groups is 1. The molecule has 2 heterocycles. The molecule has 1 aromatic heterocycles. The Balaban J connectivity index is 1.26. The number of hydrogen-bond acceptors (Lipinski definition) is 7. The first-order valence-electron chi connectivity index (χ1n) is 11.9. The molecule has 3 aromatic carbocycles. The molecule has 1 atom stereocenters. The standard InChI is InChI=1S/C28H28N4O4S/c1-16-11-21(12-17(2)25(16)29)36-20-9-10-22-23(13-20)32(4)24(30-22)15-35-19-7-5-18(6-8-19)14-28(3)26(33)31-27(34)37-28/h5-13H,14-15,29H2,1-4H3,(H,31,33,34)/t28-/m0/s1. The molecule has 1 saturated heterocycles. The van der Waals surface area contributed by atoms with Crippen LogP contribution in [-0.4, -0.2) is 25.4 Å². The molecule has 1 fully saturated rings. The Labute approximate surface area is 219 Å².